The Morgan fingerprint density at radius 2 is 1.83 bits per heavy atom. The van der Waals surface area contributed by atoms with Gasteiger partial charge in [0, 0.05) is 19.2 Å². The molecule has 1 aromatic rings. The number of hydrogen-bond acceptors (Lipinski definition) is 8. The van der Waals surface area contributed by atoms with Crippen molar-refractivity contribution in [1.29, 1.82) is 0 Å². The molecule has 0 fully saturated rings. The van der Waals surface area contributed by atoms with Gasteiger partial charge in [-0.05, 0) is 18.6 Å². The quantitative estimate of drug-likeness (QED) is 0.365. The highest BCUT2D eigenvalue weighted by Gasteiger charge is 2.12. The number of benzene rings is 1. The number of aryl methyl sites for hydroxylation is 1. The monoisotopic (exact) mass is 327 g/mol. The van der Waals surface area contributed by atoms with Gasteiger partial charge < -0.3 is 20.5 Å². The van der Waals surface area contributed by atoms with Crippen LogP contribution in [0.15, 0.2) is 18.2 Å². The summed E-state index contributed by atoms with van der Waals surface area (Å²) in [5.74, 6) is 0. The Bertz CT molecular complexity index is 503. The number of rotatable bonds is 10. The molecule has 23 heavy (non-hydrogen) atoms. The van der Waals surface area contributed by atoms with E-state index < -0.39 is 4.92 Å². The standard InChI is InChI=1S/C13H21N3O4.CO2/c1-11-2-3-12(13(10-11)16(17)18)15-5-7-20-9-8-19-6-4-14;2-1-3/h2-3,10,15H,4-9,14H2,1H3;. The van der Waals surface area contributed by atoms with E-state index in [1.807, 2.05) is 13.0 Å². The molecule has 0 saturated carbocycles. The van der Waals surface area contributed by atoms with Gasteiger partial charge in [0.15, 0.2) is 0 Å². The summed E-state index contributed by atoms with van der Waals surface area (Å²) in [7, 11) is 0. The van der Waals surface area contributed by atoms with Gasteiger partial charge in [-0.3, -0.25) is 10.1 Å². The molecule has 0 unspecified atom stereocenters. The summed E-state index contributed by atoms with van der Waals surface area (Å²) in [5.41, 5.74) is 6.71. The third-order valence-electron chi connectivity index (χ3n) is 2.55. The highest BCUT2D eigenvalue weighted by molar-refractivity contribution is 5.62. The third-order valence-corrected chi connectivity index (χ3v) is 2.55. The Hall–Kier alpha value is -2.32. The van der Waals surface area contributed by atoms with E-state index in [0.717, 1.165) is 5.56 Å². The van der Waals surface area contributed by atoms with Crippen molar-refractivity contribution in [3.8, 4) is 0 Å². The van der Waals surface area contributed by atoms with Crippen LogP contribution < -0.4 is 11.1 Å². The molecule has 0 heterocycles. The summed E-state index contributed by atoms with van der Waals surface area (Å²) in [6.45, 7) is 4.79. The number of ether oxygens (including phenoxy) is 2. The maximum Gasteiger partial charge on any atom is 0.373 e. The fourth-order valence-electron chi connectivity index (χ4n) is 1.61. The van der Waals surface area contributed by atoms with Crippen molar-refractivity contribution in [3.63, 3.8) is 0 Å². The molecule has 0 amide bonds. The zero-order valence-corrected chi connectivity index (χ0v) is 12.9. The van der Waals surface area contributed by atoms with Crippen LogP contribution in [0.1, 0.15) is 5.56 Å². The number of hydrogen-bond donors (Lipinski definition) is 2. The van der Waals surface area contributed by atoms with E-state index in [-0.39, 0.29) is 11.8 Å². The summed E-state index contributed by atoms with van der Waals surface area (Å²) >= 11 is 0. The number of carbonyl (C=O) groups excluding carboxylic acids is 2. The molecule has 128 valence electrons. The van der Waals surface area contributed by atoms with Crippen molar-refractivity contribution in [3.05, 3.63) is 33.9 Å². The number of nitrogens with two attached hydrogens (primary N) is 1. The third kappa shape index (κ3) is 10.1. The van der Waals surface area contributed by atoms with E-state index in [1.54, 1.807) is 12.1 Å². The van der Waals surface area contributed by atoms with Crippen LogP contribution in [0.5, 0.6) is 0 Å². The number of nitro benzene ring substituents is 1. The number of nitro groups is 1. The maximum atomic E-state index is 10.9. The van der Waals surface area contributed by atoms with Gasteiger partial charge in [-0.1, -0.05) is 6.07 Å². The van der Waals surface area contributed by atoms with Crippen molar-refractivity contribution in [2.75, 3.05) is 44.8 Å². The molecule has 9 heteroatoms. The summed E-state index contributed by atoms with van der Waals surface area (Å²) < 4.78 is 10.5. The van der Waals surface area contributed by atoms with Crippen molar-refractivity contribution >= 4 is 17.5 Å². The molecule has 1 aromatic carbocycles. The zero-order valence-electron chi connectivity index (χ0n) is 12.9. The molecule has 0 atom stereocenters. The van der Waals surface area contributed by atoms with Gasteiger partial charge in [-0.25, -0.2) is 0 Å². The predicted molar refractivity (Wildman–Crippen MR) is 82.0 cm³/mol. The molecule has 0 aliphatic heterocycles. The van der Waals surface area contributed by atoms with Gasteiger partial charge in [-0.15, -0.1) is 0 Å². The van der Waals surface area contributed by atoms with E-state index in [0.29, 0.717) is 45.2 Å². The first-order chi connectivity index (χ1) is 11.1. The van der Waals surface area contributed by atoms with Crippen molar-refractivity contribution < 1.29 is 24.0 Å². The van der Waals surface area contributed by atoms with E-state index >= 15 is 0 Å². The molecule has 0 aliphatic carbocycles. The predicted octanol–water partition coefficient (Wildman–Crippen LogP) is 0.724. The fourth-order valence-corrected chi connectivity index (χ4v) is 1.61. The van der Waals surface area contributed by atoms with Crippen molar-refractivity contribution in [2.45, 2.75) is 6.92 Å². The lowest BCUT2D eigenvalue weighted by Gasteiger charge is -2.08. The summed E-state index contributed by atoms with van der Waals surface area (Å²) in [6.07, 6.45) is 0.250. The van der Waals surface area contributed by atoms with Gasteiger partial charge in [-0.2, -0.15) is 9.59 Å². The van der Waals surface area contributed by atoms with Gasteiger partial charge in [0.2, 0.25) is 0 Å². The Morgan fingerprint density at radius 3 is 2.39 bits per heavy atom. The minimum absolute atomic E-state index is 0.0799. The minimum atomic E-state index is -0.392. The van der Waals surface area contributed by atoms with E-state index in [2.05, 4.69) is 5.32 Å². The van der Waals surface area contributed by atoms with Crippen LogP contribution >= 0.6 is 0 Å². The smallest absolute Gasteiger partial charge is 0.373 e. The average molecular weight is 327 g/mol. The van der Waals surface area contributed by atoms with Gasteiger partial charge in [0.05, 0.1) is 31.4 Å². The molecule has 1 rings (SSSR count). The molecule has 0 radical (unpaired) electrons. The first-order valence-corrected chi connectivity index (χ1v) is 6.90. The molecular weight excluding hydrogens is 306 g/mol. The molecule has 0 saturated heterocycles. The molecule has 0 aromatic heterocycles. The topological polar surface area (TPSA) is 134 Å². The molecular formula is C14H21N3O6. The fraction of sp³-hybridized carbons (Fsp3) is 0.500. The first-order valence-electron chi connectivity index (χ1n) is 6.90. The normalized spacial score (nSPS) is 9.48. The maximum absolute atomic E-state index is 10.9. The van der Waals surface area contributed by atoms with Gasteiger partial charge in [0.25, 0.3) is 5.69 Å². The Morgan fingerprint density at radius 1 is 1.22 bits per heavy atom. The van der Waals surface area contributed by atoms with Crippen LogP contribution in [0.4, 0.5) is 11.4 Å². The van der Waals surface area contributed by atoms with Gasteiger partial charge in [0.1, 0.15) is 5.69 Å². The number of nitrogens with one attached hydrogen (secondary N) is 1. The zero-order chi connectivity index (χ0) is 17.5. The number of anilines is 1. The summed E-state index contributed by atoms with van der Waals surface area (Å²) in [6, 6.07) is 5.08. The van der Waals surface area contributed by atoms with Crippen LogP contribution in [0.3, 0.4) is 0 Å². The van der Waals surface area contributed by atoms with Crippen molar-refractivity contribution in [2.24, 2.45) is 5.73 Å². The first kappa shape index (κ1) is 20.7. The van der Waals surface area contributed by atoms with Crippen LogP contribution in [-0.4, -0.2) is 50.6 Å². The van der Waals surface area contributed by atoms with Crippen LogP contribution in [0, 0.1) is 17.0 Å². The second-order valence-electron chi connectivity index (χ2n) is 4.30. The Balaban J connectivity index is 0.00000149. The second kappa shape index (κ2) is 13.4. The molecule has 0 bridgehead atoms. The lowest BCUT2D eigenvalue weighted by molar-refractivity contribution is -0.384. The number of nitrogens with zero attached hydrogens (tertiary/aromatic N) is 1. The highest BCUT2D eigenvalue weighted by atomic mass is 16.6. The van der Waals surface area contributed by atoms with E-state index in [4.69, 9.17) is 24.8 Å². The largest absolute Gasteiger partial charge is 0.378 e. The van der Waals surface area contributed by atoms with Crippen molar-refractivity contribution in [1.82, 2.24) is 0 Å². The Labute approximate surface area is 133 Å². The van der Waals surface area contributed by atoms with E-state index in [9.17, 15) is 10.1 Å². The second-order valence-corrected chi connectivity index (χ2v) is 4.30. The summed E-state index contributed by atoms with van der Waals surface area (Å²) in [4.78, 5) is 26.8. The summed E-state index contributed by atoms with van der Waals surface area (Å²) in [5, 5.41) is 13.9. The molecule has 9 nitrogen and oxygen atoms in total. The SMILES string of the molecule is Cc1ccc(NCCOCCOCCN)c([N+](=O)[O-])c1.O=C=O. The van der Waals surface area contributed by atoms with Crippen LogP contribution in [0.2, 0.25) is 0 Å². The Kier molecular flexibility index (Phi) is 12.0. The lowest BCUT2D eigenvalue weighted by atomic mass is 10.2. The lowest BCUT2D eigenvalue weighted by Crippen LogP contribution is -2.15. The highest BCUT2D eigenvalue weighted by Crippen LogP contribution is 2.24. The van der Waals surface area contributed by atoms with Gasteiger partial charge >= 0.3 is 6.15 Å². The molecule has 0 spiro atoms. The van der Waals surface area contributed by atoms with E-state index in [1.165, 1.54) is 0 Å². The molecule has 0 aliphatic rings. The van der Waals surface area contributed by atoms with Crippen LogP contribution in [0.25, 0.3) is 0 Å². The minimum Gasteiger partial charge on any atom is -0.378 e. The molecule has 3 N–H and O–H groups in total. The average Bonchev–Trinajstić information content (AvgIpc) is 2.51. The van der Waals surface area contributed by atoms with Crippen LogP contribution in [-0.2, 0) is 19.1 Å².